The van der Waals surface area contributed by atoms with E-state index in [1.807, 2.05) is 49.4 Å². The molecule has 0 spiro atoms. The maximum atomic E-state index is 12.0. The summed E-state index contributed by atoms with van der Waals surface area (Å²) in [7, 11) is 0. The number of nitrogens with one attached hydrogen (secondary N) is 3. The van der Waals surface area contributed by atoms with E-state index in [1.54, 1.807) is 26.0 Å². The van der Waals surface area contributed by atoms with E-state index in [2.05, 4.69) is 16.0 Å². The van der Waals surface area contributed by atoms with Gasteiger partial charge in [0, 0.05) is 11.4 Å². The molecule has 1 atom stereocenters. The van der Waals surface area contributed by atoms with Crippen molar-refractivity contribution in [2.24, 2.45) is 5.73 Å². The minimum atomic E-state index is -0.925. The van der Waals surface area contributed by atoms with Gasteiger partial charge in [0.1, 0.15) is 0 Å². The highest BCUT2D eigenvalue weighted by molar-refractivity contribution is 5.99. The summed E-state index contributed by atoms with van der Waals surface area (Å²) in [4.78, 5) is 23.9. The fraction of sp³-hybridized carbons (Fsp3) is 0.263. The summed E-state index contributed by atoms with van der Waals surface area (Å²) in [6.07, 6.45) is 0. The van der Waals surface area contributed by atoms with Gasteiger partial charge < -0.3 is 21.7 Å². The number of nitrogens with two attached hydrogens (primary N) is 1. The topological polar surface area (TPSA) is 96.2 Å². The van der Waals surface area contributed by atoms with Crippen LogP contribution in [0.5, 0.6) is 0 Å². The van der Waals surface area contributed by atoms with E-state index >= 15 is 0 Å². The molecule has 1 unspecified atom stereocenters. The molecule has 0 saturated carbocycles. The Kier molecular flexibility index (Phi) is 5.77. The second-order valence-electron chi connectivity index (χ2n) is 6.48. The molecule has 0 aliphatic heterocycles. The van der Waals surface area contributed by atoms with Crippen molar-refractivity contribution in [1.29, 1.82) is 0 Å². The van der Waals surface area contributed by atoms with Crippen molar-refractivity contribution in [3.05, 3.63) is 60.2 Å². The van der Waals surface area contributed by atoms with E-state index in [-0.39, 0.29) is 18.0 Å². The normalized spacial score (nSPS) is 12.2. The highest BCUT2D eigenvalue weighted by Crippen LogP contribution is 2.17. The Morgan fingerprint density at radius 1 is 0.920 bits per heavy atom. The number of urea groups is 1. The molecule has 2 aromatic rings. The molecule has 25 heavy (non-hydrogen) atoms. The Morgan fingerprint density at radius 3 is 1.96 bits per heavy atom. The molecule has 0 aromatic heterocycles. The van der Waals surface area contributed by atoms with E-state index in [9.17, 15) is 9.59 Å². The number of hydrogen-bond acceptors (Lipinski definition) is 3. The van der Waals surface area contributed by atoms with Gasteiger partial charge in [-0.15, -0.1) is 0 Å². The number of hydrogen-bond donors (Lipinski definition) is 4. The first-order valence-corrected chi connectivity index (χ1v) is 8.08. The first-order valence-electron chi connectivity index (χ1n) is 8.08. The molecule has 2 aromatic carbocycles. The highest BCUT2D eigenvalue weighted by atomic mass is 16.2. The van der Waals surface area contributed by atoms with Crippen LogP contribution in [-0.2, 0) is 4.79 Å². The Bertz CT molecular complexity index is 721. The minimum absolute atomic E-state index is 0.178. The predicted octanol–water partition coefficient (Wildman–Crippen LogP) is 3.25. The minimum Gasteiger partial charge on any atom is -0.348 e. The lowest BCUT2D eigenvalue weighted by Crippen LogP contribution is -2.49. The zero-order valence-corrected chi connectivity index (χ0v) is 14.7. The lowest BCUT2D eigenvalue weighted by atomic mass is 10.0. The summed E-state index contributed by atoms with van der Waals surface area (Å²) in [6, 6.07) is 16.0. The number of amides is 3. The van der Waals surface area contributed by atoms with Gasteiger partial charge >= 0.3 is 6.03 Å². The maximum absolute atomic E-state index is 12.0. The standard InChI is InChI=1S/C19H24N4O2/c1-13(21-17(24)19(2,3)20)14-9-11-16(12-10-14)23-18(25)22-15-7-5-4-6-8-15/h4-13H,20H2,1-3H3,(H,21,24)(H2,22,23,25). The molecular formula is C19H24N4O2. The lowest BCUT2D eigenvalue weighted by Gasteiger charge is -2.22. The van der Waals surface area contributed by atoms with Crippen LogP contribution in [0, 0.1) is 0 Å². The summed E-state index contributed by atoms with van der Waals surface area (Å²) in [5, 5.41) is 8.38. The van der Waals surface area contributed by atoms with Crippen molar-refractivity contribution >= 4 is 23.3 Å². The van der Waals surface area contributed by atoms with Gasteiger partial charge in [-0.3, -0.25) is 4.79 Å². The monoisotopic (exact) mass is 340 g/mol. The van der Waals surface area contributed by atoms with E-state index in [0.29, 0.717) is 5.69 Å². The van der Waals surface area contributed by atoms with Crippen LogP contribution in [0.1, 0.15) is 32.4 Å². The van der Waals surface area contributed by atoms with E-state index < -0.39 is 5.54 Å². The van der Waals surface area contributed by atoms with Crippen molar-refractivity contribution in [2.45, 2.75) is 32.4 Å². The summed E-state index contributed by atoms with van der Waals surface area (Å²) in [5.74, 6) is -0.218. The van der Waals surface area contributed by atoms with Crippen LogP contribution >= 0.6 is 0 Å². The molecule has 0 fully saturated rings. The van der Waals surface area contributed by atoms with Crippen molar-refractivity contribution in [3.63, 3.8) is 0 Å². The van der Waals surface area contributed by atoms with Gasteiger partial charge in [-0.25, -0.2) is 4.79 Å². The average Bonchev–Trinajstić information content (AvgIpc) is 2.55. The number of anilines is 2. The van der Waals surface area contributed by atoms with Crippen LogP contribution in [0.3, 0.4) is 0 Å². The van der Waals surface area contributed by atoms with Gasteiger partial charge in [0.25, 0.3) is 0 Å². The third-order valence-corrected chi connectivity index (χ3v) is 3.63. The summed E-state index contributed by atoms with van der Waals surface area (Å²) in [5.41, 5.74) is 7.16. The first-order chi connectivity index (χ1) is 11.8. The molecule has 3 amide bonds. The van der Waals surface area contributed by atoms with Gasteiger partial charge in [0.05, 0.1) is 11.6 Å². The van der Waals surface area contributed by atoms with Crippen molar-refractivity contribution < 1.29 is 9.59 Å². The first kappa shape index (κ1) is 18.5. The fourth-order valence-corrected chi connectivity index (χ4v) is 2.14. The zero-order valence-electron chi connectivity index (χ0n) is 14.7. The molecule has 6 heteroatoms. The maximum Gasteiger partial charge on any atom is 0.323 e. The Balaban J connectivity index is 1.93. The summed E-state index contributed by atoms with van der Waals surface area (Å²) in [6.45, 7) is 5.20. The van der Waals surface area contributed by atoms with Crippen LogP contribution in [0.4, 0.5) is 16.2 Å². The number of para-hydroxylation sites is 1. The van der Waals surface area contributed by atoms with Crippen molar-refractivity contribution in [1.82, 2.24) is 5.32 Å². The molecule has 0 radical (unpaired) electrons. The van der Waals surface area contributed by atoms with E-state index in [0.717, 1.165) is 11.3 Å². The largest absolute Gasteiger partial charge is 0.348 e. The SMILES string of the molecule is CC(NC(=O)C(C)(C)N)c1ccc(NC(=O)Nc2ccccc2)cc1. The Morgan fingerprint density at radius 2 is 1.44 bits per heavy atom. The quantitative estimate of drug-likeness (QED) is 0.673. The van der Waals surface area contributed by atoms with Crippen LogP contribution in [0.15, 0.2) is 54.6 Å². The van der Waals surface area contributed by atoms with E-state index in [1.165, 1.54) is 0 Å². The van der Waals surface area contributed by atoms with Gasteiger partial charge in [-0.2, -0.15) is 0 Å². The number of carbonyl (C=O) groups excluding carboxylic acids is 2. The van der Waals surface area contributed by atoms with Gasteiger partial charge in [-0.1, -0.05) is 30.3 Å². The molecule has 0 bridgehead atoms. The molecular weight excluding hydrogens is 316 g/mol. The average molecular weight is 340 g/mol. The van der Waals surface area contributed by atoms with Crippen molar-refractivity contribution in [2.75, 3.05) is 10.6 Å². The molecule has 0 aliphatic carbocycles. The molecule has 0 heterocycles. The van der Waals surface area contributed by atoms with Crippen LogP contribution in [-0.4, -0.2) is 17.5 Å². The summed E-state index contributed by atoms with van der Waals surface area (Å²) < 4.78 is 0. The predicted molar refractivity (Wildman–Crippen MR) is 100 cm³/mol. The number of benzene rings is 2. The number of carbonyl (C=O) groups is 2. The molecule has 2 rings (SSSR count). The Labute approximate surface area is 147 Å². The van der Waals surface area contributed by atoms with Crippen LogP contribution in [0.2, 0.25) is 0 Å². The van der Waals surface area contributed by atoms with Gasteiger partial charge in [0.15, 0.2) is 0 Å². The van der Waals surface area contributed by atoms with Crippen LogP contribution < -0.4 is 21.7 Å². The molecule has 132 valence electrons. The molecule has 0 aliphatic rings. The third kappa shape index (κ3) is 5.61. The van der Waals surface area contributed by atoms with Gasteiger partial charge in [-0.05, 0) is 50.6 Å². The molecule has 5 N–H and O–H groups in total. The lowest BCUT2D eigenvalue weighted by molar-refractivity contribution is -0.125. The van der Waals surface area contributed by atoms with Crippen LogP contribution in [0.25, 0.3) is 0 Å². The molecule has 0 saturated heterocycles. The number of rotatable bonds is 5. The van der Waals surface area contributed by atoms with Crippen molar-refractivity contribution in [3.8, 4) is 0 Å². The zero-order chi connectivity index (χ0) is 18.4. The third-order valence-electron chi connectivity index (χ3n) is 3.63. The smallest absolute Gasteiger partial charge is 0.323 e. The Hall–Kier alpha value is -2.86. The molecule has 6 nitrogen and oxygen atoms in total. The summed E-state index contributed by atoms with van der Waals surface area (Å²) >= 11 is 0. The second kappa shape index (κ2) is 7.81. The highest BCUT2D eigenvalue weighted by Gasteiger charge is 2.23. The fourth-order valence-electron chi connectivity index (χ4n) is 2.14. The second-order valence-corrected chi connectivity index (χ2v) is 6.48. The van der Waals surface area contributed by atoms with Gasteiger partial charge in [0.2, 0.25) is 5.91 Å². The van der Waals surface area contributed by atoms with E-state index in [4.69, 9.17) is 5.73 Å².